The highest BCUT2D eigenvalue weighted by molar-refractivity contribution is 6.30. The molecule has 4 aromatic rings. The molecule has 1 fully saturated rings. The fourth-order valence-electron chi connectivity index (χ4n) is 3.94. The van der Waals surface area contributed by atoms with Gasteiger partial charge in [0.25, 0.3) is 5.91 Å². The van der Waals surface area contributed by atoms with E-state index >= 15 is 0 Å². The lowest BCUT2D eigenvalue weighted by Gasteiger charge is -2.33. The van der Waals surface area contributed by atoms with Crippen molar-refractivity contribution < 1.29 is 22.4 Å². The molecule has 3 aromatic heterocycles. The van der Waals surface area contributed by atoms with Crippen molar-refractivity contribution in [3.63, 3.8) is 0 Å². The zero-order chi connectivity index (χ0) is 23.9. The molecular formula is C23H19ClF3N5O2. The number of carbonyl (C=O) groups excluding carboxylic acids is 1. The van der Waals surface area contributed by atoms with Crippen LogP contribution in [0.5, 0.6) is 0 Å². The zero-order valence-corrected chi connectivity index (χ0v) is 18.6. The van der Waals surface area contributed by atoms with Crippen molar-refractivity contribution in [1.82, 2.24) is 24.4 Å². The topological polar surface area (TPSA) is 66.9 Å². The van der Waals surface area contributed by atoms with Crippen molar-refractivity contribution in [2.24, 2.45) is 0 Å². The lowest BCUT2D eigenvalue weighted by molar-refractivity contribution is -0.142. The lowest BCUT2D eigenvalue weighted by atomic mass is 10.1. The molecule has 11 heteroatoms. The van der Waals surface area contributed by atoms with Crippen LogP contribution < -0.4 is 0 Å². The van der Waals surface area contributed by atoms with Crippen LogP contribution in [0, 0.1) is 0 Å². The van der Waals surface area contributed by atoms with E-state index in [9.17, 15) is 18.0 Å². The molecule has 176 valence electrons. The normalized spacial score (nSPS) is 15.2. The summed E-state index contributed by atoms with van der Waals surface area (Å²) >= 11 is 5.89. The number of nitrogens with zero attached hydrogens (tertiary/aromatic N) is 5. The second kappa shape index (κ2) is 8.77. The number of furan rings is 1. The number of amides is 1. The Labute approximate surface area is 197 Å². The Morgan fingerprint density at radius 1 is 1.06 bits per heavy atom. The molecule has 1 aromatic carbocycles. The van der Waals surface area contributed by atoms with Gasteiger partial charge in [-0.1, -0.05) is 23.7 Å². The summed E-state index contributed by atoms with van der Waals surface area (Å²) in [5, 5.41) is 4.44. The van der Waals surface area contributed by atoms with Crippen LogP contribution in [0.2, 0.25) is 5.02 Å². The van der Waals surface area contributed by atoms with Gasteiger partial charge < -0.3 is 9.32 Å². The summed E-state index contributed by atoms with van der Waals surface area (Å²) in [7, 11) is 0. The number of rotatable bonds is 4. The van der Waals surface area contributed by atoms with E-state index in [4.69, 9.17) is 16.0 Å². The second-order valence-corrected chi connectivity index (χ2v) is 8.42. The number of carbonyl (C=O) groups is 1. The van der Waals surface area contributed by atoms with Crippen molar-refractivity contribution >= 4 is 23.2 Å². The third-order valence-electron chi connectivity index (χ3n) is 5.70. The molecule has 0 aliphatic carbocycles. The number of aromatic nitrogens is 3. The van der Waals surface area contributed by atoms with E-state index < -0.39 is 17.8 Å². The Bertz CT molecular complexity index is 1310. The Kier molecular flexibility index (Phi) is 5.78. The van der Waals surface area contributed by atoms with E-state index in [-0.39, 0.29) is 17.0 Å². The Morgan fingerprint density at radius 2 is 1.79 bits per heavy atom. The first-order chi connectivity index (χ1) is 16.3. The molecule has 1 amide bonds. The summed E-state index contributed by atoms with van der Waals surface area (Å²) < 4.78 is 47.5. The molecule has 0 radical (unpaired) electrons. The summed E-state index contributed by atoms with van der Waals surface area (Å²) in [6.45, 7) is 2.74. The molecule has 1 saturated heterocycles. The van der Waals surface area contributed by atoms with Gasteiger partial charge in [0.2, 0.25) is 0 Å². The lowest BCUT2D eigenvalue weighted by Crippen LogP contribution is -2.48. The van der Waals surface area contributed by atoms with Gasteiger partial charge in [-0.15, -0.1) is 0 Å². The van der Waals surface area contributed by atoms with Crippen LogP contribution in [0.1, 0.15) is 21.9 Å². The van der Waals surface area contributed by atoms with Gasteiger partial charge in [-0.05, 0) is 30.3 Å². The van der Waals surface area contributed by atoms with Gasteiger partial charge in [0.05, 0.1) is 18.5 Å². The maximum atomic E-state index is 13.8. The summed E-state index contributed by atoms with van der Waals surface area (Å²) in [6.07, 6.45) is -3.08. The van der Waals surface area contributed by atoms with Gasteiger partial charge in [-0.3, -0.25) is 9.69 Å². The molecule has 0 bridgehead atoms. The minimum atomic E-state index is -4.69. The van der Waals surface area contributed by atoms with Gasteiger partial charge in [0, 0.05) is 42.8 Å². The van der Waals surface area contributed by atoms with E-state index in [0.717, 1.165) is 11.8 Å². The number of fused-ring (bicyclic) bond motifs is 1. The van der Waals surface area contributed by atoms with E-state index in [0.29, 0.717) is 47.8 Å². The van der Waals surface area contributed by atoms with Crippen LogP contribution in [-0.2, 0) is 12.7 Å². The predicted octanol–water partition coefficient (Wildman–Crippen LogP) is 4.62. The number of alkyl halides is 3. The van der Waals surface area contributed by atoms with Gasteiger partial charge >= 0.3 is 6.18 Å². The van der Waals surface area contributed by atoms with Crippen molar-refractivity contribution in [1.29, 1.82) is 0 Å². The maximum absolute atomic E-state index is 13.8. The fraction of sp³-hybridized carbons (Fsp3) is 0.261. The van der Waals surface area contributed by atoms with Crippen molar-refractivity contribution in [3.05, 3.63) is 77.0 Å². The Morgan fingerprint density at radius 3 is 2.44 bits per heavy atom. The zero-order valence-electron chi connectivity index (χ0n) is 17.8. The molecule has 0 unspecified atom stereocenters. The van der Waals surface area contributed by atoms with Crippen LogP contribution in [0.3, 0.4) is 0 Å². The molecule has 1 aliphatic heterocycles. The average molecular weight is 490 g/mol. The molecular weight excluding hydrogens is 471 g/mol. The second-order valence-electron chi connectivity index (χ2n) is 7.98. The molecule has 0 N–H and O–H groups in total. The Balaban J connectivity index is 1.40. The van der Waals surface area contributed by atoms with Crippen LogP contribution in [0.4, 0.5) is 13.2 Å². The third kappa shape index (κ3) is 4.51. The first-order valence-corrected chi connectivity index (χ1v) is 10.9. The van der Waals surface area contributed by atoms with Crippen LogP contribution in [-0.4, -0.2) is 56.5 Å². The van der Waals surface area contributed by atoms with Crippen molar-refractivity contribution in [2.45, 2.75) is 12.7 Å². The molecule has 0 atom stereocenters. The summed E-state index contributed by atoms with van der Waals surface area (Å²) in [5.74, 6) is 0.409. The predicted molar refractivity (Wildman–Crippen MR) is 118 cm³/mol. The van der Waals surface area contributed by atoms with Gasteiger partial charge in [-0.2, -0.15) is 18.3 Å². The first kappa shape index (κ1) is 22.4. The monoisotopic (exact) mass is 489 g/mol. The molecule has 1 aliphatic rings. The van der Waals surface area contributed by atoms with E-state index in [1.807, 2.05) is 12.1 Å². The minimum absolute atomic E-state index is 0.0559. The van der Waals surface area contributed by atoms with Crippen LogP contribution in [0.25, 0.3) is 16.9 Å². The van der Waals surface area contributed by atoms with Crippen molar-refractivity contribution in [3.8, 4) is 11.3 Å². The van der Waals surface area contributed by atoms with Gasteiger partial charge in [-0.25, -0.2) is 9.50 Å². The molecule has 7 nitrogen and oxygen atoms in total. The summed E-state index contributed by atoms with van der Waals surface area (Å²) in [6, 6.07) is 12.3. The molecule has 4 heterocycles. The number of halogens is 4. The molecule has 5 rings (SSSR count). The van der Waals surface area contributed by atoms with Gasteiger partial charge in [0.1, 0.15) is 5.76 Å². The Hall–Kier alpha value is -3.37. The van der Waals surface area contributed by atoms with Crippen LogP contribution in [0.15, 0.2) is 59.2 Å². The molecule has 34 heavy (non-hydrogen) atoms. The standard InChI is InChI=1S/C23H19ClF3N5O2/c24-16-5-3-15(4-6-16)18-12-20(23(25,26)27)32-21(28-18)13-19(29-32)22(33)31-9-7-30(8-10-31)14-17-2-1-11-34-17/h1-6,11-13H,7-10,14H2. The smallest absolute Gasteiger partial charge is 0.433 e. The minimum Gasteiger partial charge on any atom is -0.468 e. The summed E-state index contributed by atoms with van der Waals surface area (Å²) in [5.41, 5.74) is -0.559. The fourth-order valence-corrected chi connectivity index (χ4v) is 4.07. The van der Waals surface area contributed by atoms with Crippen molar-refractivity contribution in [2.75, 3.05) is 26.2 Å². The number of benzene rings is 1. The first-order valence-electron chi connectivity index (χ1n) is 10.6. The van der Waals surface area contributed by atoms with E-state index in [1.165, 1.54) is 6.07 Å². The highest BCUT2D eigenvalue weighted by Crippen LogP contribution is 2.32. The number of hydrogen-bond donors (Lipinski definition) is 0. The molecule has 0 spiro atoms. The van der Waals surface area contributed by atoms with Crippen LogP contribution >= 0.6 is 11.6 Å². The number of piperazine rings is 1. The number of hydrogen-bond acceptors (Lipinski definition) is 5. The largest absolute Gasteiger partial charge is 0.468 e. The third-order valence-corrected chi connectivity index (χ3v) is 5.95. The quantitative estimate of drug-likeness (QED) is 0.418. The van der Waals surface area contributed by atoms with E-state index in [2.05, 4.69) is 15.0 Å². The summed E-state index contributed by atoms with van der Waals surface area (Å²) in [4.78, 5) is 21.1. The SMILES string of the molecule is O=C(c1cc2nc(-c3ccc(Cl)cc3)cc(C(F)(F)F)n2n1)N1CCN(Cc2ccco2)CC1. The molecule has 0 saturated carbocycles. The highest BCUT2D eigenvalue weighted by atomic mass is 35.5. The highest BCUT2D eigenvalue weighted by Gasteiger charge is 2.36. The van der Waals surface area contributed by atoms with Gasteiger partial charge in [0.15, 0.2) is 17.0 Å². The maximum Gasteiger partial charge on any atom is 0.433 e. The van der Waals surface area contributed by atoms with E-state index in [1.54, 1.807) is 35.4 Å². The average Bonchev–Trinajstić information content (AvgIpc) is 3.48.